The number of esters is 1. The van der Waals surface area contributed by atoms with Crippen molar-refractivity contribution in [3.8, 4) is 11.5 Å². The summed E-state index contributed by atoms with van der Waals surface area (Å²) >= 11 is 6.36. The van der Waals surface area contributed by atoms with Crippen LogP contribution in [0, 0.1) is 11.6 Å². The van der Waals surface area contributed by atoms with Gasteiger partial charge in [-0.05, 0) is 86.9 Å². The van der Waals surface area contributed by atoms with Crippen molar-refractivity contribution in [2.75, 3.05) is 24.8 Å². The molecule has 3 aromatic carbocycles. The molecule has 258 valence electrons. The van der Waals surface area contributed by atoms with Crippen LogP contribution in [-0.2, 0) is 20.4 Å². The molecule has 1 atom stereocenters. The fourth-order valence-electron chi connectivity index (χ4n) is 6.20. The molecule has 1 fully saturated rings. The van der Waals surface area contributed by atoms with Gasteiger partial charge in [0.25, 0.3) is 5.91 Å². The molecule has 6 rings (SSSR count). The number of hydrogen-bond acceptors (Lipinski definition) is 7. The number of nitrogen functional groups attached to an aromatic ring is 1. The molecule has 0 saturated carbocycles. The Labute approximate surface area is 281 Å². The Morgan fingerprint density at radius 3 is 2.53 bits per heavy atom. The molecule has 15 heteroatoms. The van der Waals surface area contributed by atoms with Gasteiger partial charge in [-0.1, -0.05) is 11.6 Å². The van der Waals surface area contributed by atoms with Gasteiger partial charge >= 0.3 is 12.1 Å². The maximum absolute atomic E-state index is 14.4. The molecule has 3 N–H and O–H groups in total. The molecule has 1 amide bonds. The minimum atomic E-state index is -4.94. The molecule has 1 saturated heterocycles. The number of halogens is 6. The van der Waals surface area contributed by atoms with Crippen LogP contribution in [0.4, 0.5) is 33.5 Å². The third-order valence-electron chi connectivity index (χ3n) is 8.45. The third-order valence-corrected chi connectivity index (χ3v) is 8.76. The number of carbonyl (C=O) groups is 2. The highest BCUT2D eigenvalue weighted by atomic mass is 35.5. The predicted octanol–water partition coefficient (Wildman–Crippen LogP) is 8.81. The van der Waals surface area contributed by atoms with E-state index >= 15 is 0 Å². The van der Waals surface area contributed by atoms with E-state index in [0.717, 1.165) is 25.0 Å². The van der Waals surface area contributed by atoms with Crippen LogP contribution in [0.15, 0.2) is 48.0 Å². The molecule has 4 aromatic rings. The van der Waals surface area contributed by atoms with Crippen LogP contribution in [0.1, 0.15) is 72.7 Å². The van der Waals surface area contributed by atoms with Crippen molar-refractivity contribution in [3.05, 3.63) is 81.4 Å². The van der Waals surface area contributed by atoms with Crippen LogP contribution in [0.2, 0.25) is 5.02 Å². The summed E-state index contributed by atoms with van der Waals surface area (Å²) in [5.74, 6) is -4.12. The number of fused-ring (bicyclic) bond motifs is 1. The summed E-state index contributed by atoms with van der Waals surface area (Å²) in [6, 6.07) is 6.26. The molecule has 1 aliphatic heterocycles. The van der Waals surface area contributed by atoms with Gasteiger partial charge in [0, 0.05) is 29.4 Å². The van der Waals surface area contributed by atoms with Crippen LogP contribution < -0.4 is 15.8 Å². The molecule has 0 bridgehead atoms. The van der Waals surface area contributed by atoms with Gasteiger partial charge in [0.05, 0.1) is 34.3 Å². The summed E-state index contributed by atoms with van der Waals surface area (Å²) < 4.78 is 88.3. The minimum absolute atomic E-state index is 0.0135. The Morgan fingerprint density at radius 2 is 1.82 bits per heavy atom. The first-order valence-electron chi connectivity index (χ1n) is 15.4. The molecule has 1 aliphatic carbocycles. The standard InChI is InChI=1S/C34H30ClF5N4O5/c1-47-33(46)22-7-3-2-6-21(22)23-16-25(42-32(45)17-12-18(34(38,39)40)14-20(37)13-17)30(49-26-15-19(36)9-10-24(26)35)28-29(23)44(43-31(28)41)27-8-4-5-11-48-27/h9-10,12-16,27H,2-8,11H2,1H3,(H2,41,43)(H,42,45). The molecule has 9 nitrogen and oxygen atoms in total. The van der Waals surface area contributed by atoms with Gasteiger partial charge in [0.1, 0.15) is 17.4 Å². The number of ether oxygens (including phenoxy) is 3. The fourth-order valence-corrected chi connectivity index (χ4v) is 6.35. The monoisotopic (exact) mass is 704 g/mol. The van der Waals surface area contributed by atoms with E-state index in [-0.39, 0.29) is 39.5 Å². The zero-order valence-corrected chi connectivity index (χ0v) is 26.8. The van der Waals surface area contributed by atoms with Crippen molar-refractivity contribution >= 4 is 51.5 Å². The molecular formula is C34H30ClF5N4O5. The van der Waals surface area contributed by atoms with Crippen molar-refractivity contribution in [2.45, 2.75) is 57.3 Å². The predicted molar refractivity (Wildman–Crippen MR) is 171 cm³/mol. The maximum Gasteiger partial charge on any atom is 0.416 e. The first-order chi connectivity index (χ1) is 23.3. The number of aromatic nitrogens is 2. The lowest BCUT2D eigenvalue weighted by atomic mass is 9.86. The number of rotatable bonds is 7. The van der Waals surface area contributed by atoms with Gasteiger partial charge in [-0.2, -0.15) is 18.3 Å². The molecule has 2 aliphatic rings. The lowest BCUT2D eigenvalue weighted by Crippen LogP contribution is -2.20. The summed E-state index contributed by atoms with van der Waals surface area (Å²) in [4.78, 5) is 26.6. The van der Waals surface area contributed by atoms with Crippen molar-refractivity contribution in [2.24, 2.45) is 0 Å². The smallest absolute Gasteiger partial charge is 0.416 e. The number of amides is 1. The molecule has 49 heavy (non-hydrogen) atoms. The highest BCUT2D eigenvalue weighted by Crippen LogP contribution is 2.48. The number of benzene rings is 3. The fraction of sp³-hybridized carbons (Fsp3) is 0.324. The van der Waals surface area contributed by atoms with E-state index in [9.17, 15) is 31.5 Å². The molecule has 0 radical (unpaired) electrons. The molecule has 1 aromatic heterocycles. The second kappa shape index (κ2) is 13.7. The number of allylic oxidation sites excluding steroid dienone is 1. The topological polar surface area (TPSA) is 118 Å². The highest BCUT2D eigenvalue weighted by molar-refractivity contribution is 6.32. The number of nitrogens with zero attached hydrogens (tertiary/aromatic N) is 2. The SMILES string of the molecule is COC(=O)C1=C(c2cc(NC(=O)c3cc(F)cc(C(F)(F)F)c3)c(Oc3cc(F)ccc3Cl)c3c(N)nn(C4CCCCO4)c23)CCCC1. The van der Waals surface area contributed by atoms with Crippen LogP contribution in [0.5, 0.6) is 11.5 Å². The quantitative estimate of drug-likeness (QED) is 0.146. The number of nitrogens with one attached hydrogen (secondary N) is 1. The average Bonchev–Trinajstić information content (AvgIpc) is 3.43. The van der Waals surface area contributed by atoms with Crippen molar-refractivity contribution in [1.82, 2.24) is 9.78 Å². The molecular weight excluding hydrogens is 675 g/mol. The summed E-state index contributed by atoms with van der Waals surface area (Å²) in [5, 5.41) is 7.23. The molecule has 0 spiro atoms. The van der Waals surface area contributed by atoms with E-state index in [1.165, 1.54) is 19.2 Å². The number of methoxy groups -OCH3 is 1. The first-order valence-corrected chi connectivity index (χ1v) is 15.8. The normalized spacial score (nSPS) is 16.9. The number of hydrogen-bond donors (Lipinski definition) is 2. The van der Waals surface area contributed by atoms with E-state index < -0.39 is 47.0 Å². The van der Waals surface area contributed by atoms with Crippen LogP contribution in [0.3, 0.4) is 0 Å². The molecule has 2 heterocycles. The summed E-state index contributed by atoms with van der Waals surface area (Å²) in [6.07, 6.45) is -1.09. The zero-order valence-electron chi connectivity index (χ0n) is 26.1. The number of carbonyl (C=O) groups excluding carboxylic acids is 2. The maximum atomic E-state index is 14.4. The van der Waals surface area contributed by atoms with Gasteiger partial charge in [0.2, 0.25) is 0 Å². The van der Waals surface area contributed by atoms with Gasteiger partial charge in [0.15, 0.2) is 17.8 Å². The van der Waals surface area contributed by atoms with E-state index in [0.29, 0.717) is 73.1 Å². The number of alkyl halides is 3. The Balaban J connectivity index is 1.64. The average molecular weight is 705 g/mol. The summed E-state index contributed by atoms with van der Waals surface area (Å²) in [7, 11) is 1.26. The Bertz CT molecular complexity index is 1990. The van der Waals surface area contributed by atoms with Gasteiger partial charge in [-0.3, -0.25) is 4.79 Å². The van der Waals surface area contributed by atoms with E-state index in [1.807, 2.05) is 0 Å². The molecule has 1 unspecified atom stereocenters. The van der Waals surface area contributed by atoms with Crippen molar-refractivity contribution in [1.29, 1.82) is 0 Å². The minimum Gasteiger partial charge on any atom is -0.466 e. The number of anilines is 2. The second-order valence-electron chi connectivity index (χ2n) is 11.7. The lowest BCUT2D eigenvalue weighted by Gasteiger charge is -2.26. The van der Waals surface area contributed by atoms with Crippen LogP contribution in [-0.4, -0.2) is 35.4 Å². The Kier molecular flexibility index (Phi) is 9.54. The van der Waals surface area contributed by atoms with Crippen molar-refractivity contribution in [3.63, 3.8) is 0 Å². The summed E-state index contributed by atoms with van der Waals surface area (Å²) in [6.45, 7) is 0.446. The largest absolute Gasteiger partial charge is 0.466 e. The van der Waals surface area contributed by atoms with E-state index in [1.54, 1.807) is 4.68 Å². The zero-order chi connectivity index (χ0) is 35.0. The van der Waals surface area contributed by atoms with Gasteiger partial charge in [-0.25, -0.2) is 18.3 Å². The first kappa shape index (κ1) is 34.2. The number of nitrogens with two attached hydrogens (primary N) is 1. The van der Waals surface area contributed by atoms with Gasteiger partial charge in [-0.15, -0.1) is 0 Å². The van der Waals surface area contributed by atoms with E-state index in [4.69, 9.17) is 31.5 Å². The van der Waals surface area contributed by atoms with Crippen molar-refractivity contribution < 1.29 is 45.8 Å². The Morgan fingerprint density at radius 1 is 1.04 bits per heavy atom. The van der Waals surface area contributed by atoms with Crippen LogP contribution >= 0.6 is 11.6 Å². The Hall–Kier alpha value is -4.69. The second-order valence-corrected chi connectivity index (χ2v) is 12.1. The highest BCUT2D eigenvalue weighted by Gasteiger charge is 2.34. The summed E-state index contributed by atoms with van der Waals surface area (Å²) in [5.41, 5.74) is 6.10. The third kappa shape index (κ3) is 6.92. The lowest BCUT2D eigenvalue weighted by molar-refractivity contribution is -0.138. The van der Waals surface area contributed by atoms with Crippen LogP contribution in [0.25, 0.3) is 16.5 Å². The van der Waals surface area contributed by atoms with E-state index in [2.05, 4.69) is 10.4 Å². The van der Waals surface area contributed by atoms with Gasteiger partial charge < -0.3 is 25.3 Å².